The summed E-state index contributed by atoms with van der Waals surface area (Å²) in [4.78, 5) is 16.7. The molecule has 1 aliphatic rings. The zero-order valence-corrected chi connectivity index (χ0v) is 9.76. The second-order valence-corrected chi connectivity index (χ2v) is 4.25. The molecule has 2 rings (SSSR count). The maximum atomic E-state index is 13.4. The minimum absolute atomic E-state index is 0.251. The topological polar surface area (TPSA) is 29.5 Å². The van der Waals surface area contributed by atoms with E-state index in [0.717, 1.165) is 17.2 Å². The van der Waals surface area contributed by atoms with Gasteiger partial charge in [0.05, 0.1) is 13.2 Å². The molecule has 0 aromatic heterocycles. The molecule has 0 atom stereocenters. The van der Waals surface area contributed by atoms with Crippen LogP contribution in [0.4, 0.5) is 8.78 Å². The third-order valence-electron chi connectivity index (χ3n) is 2.20. The Kier molecular flexibility index (Phi) is 3.20. The Hall–Kier alpha value is -1.01. The molecule has 0 saturated carbocycles. The van der Waals surface area contributed by atoms with E-state index in [4.69, 9.17) is 4.84 Å². The highest BCUT2D eigenvalue weighted by atomic mass is 79.9. The van der Waals surface area contributed by atoms with E-state index >= 15 is 0 Å². The van der Waals surface area contributed by atoms with Crippen LogP contribution in [0.1, 0.15) is 16.8 Å². The van der Waals surface area contributed by atoms with Gasteiger partial charge in [-0.2, -0.15) is 0 Å². The molecule has 1 fully saturated rings. The molecule has 0 spiro atoms. The van der Waals surface area contributed by atoms with Gasteiger partial charge in [-0.1, -0.05) is 15.9 Å². The summed E-state index contributed by atoms with van der Waals surface area (Å²) in [7, 11) is 0. The molecule has 0 bridgehead atoms. The van der Waals surface area contributed by atoms with E-state index in [-0.39, 0.29) is 4.47 Å². The second kappa shape index (κ2) is 4.47. The Morgan fingerprint density at radius 1 is 1.38 bits per heavy atom. The van der Waals surface area contributed by atoms with Crippen molar-refractivity contribution in [3.8, 4) is 0 Å². The summed E-state index contributed by atoms with van der Waals surface area (Å²) in [5, 5.41) is 0.982. The third-order valence-corrected chi connectivity index (χ3v) is 2.66. The Morgan fingerprint density at radius 2 is 2.00 bits per heavy atom. The zero-order chi connectivity index (χ0) is 11.7. The normalized spacial score (nSPS) is 15.6. The van der Waals surface area contributed by atoms with Gasteiger partial charge >= 0.3 is 0 Å². The Bertz CT molecular complexity index is 410. The predicted octanol–water partition coefficient (Wildman–Crippen LogP) is 2.50. The first-order valence-electron chi connectivity index (χ1n) is 4.69. The van der Waals surface area contributed by atoms with Crippen molar-refractivity contribution in [2.45, 2.75) is 6.42 Å². The fourth-order valence-electron chi connectivity index (χ4n) is 1.48. The van der Waals surface area contributed by atoms with Crippen molar-refractivity contribution in [2.24, 2.45) is 0 Å². The molecule has 1 aromatic carbocycles. The largest absolute Gasteiger partial charge is 0.283 e. The van der Waals surface area contributed by atoms with Gasteiger partial charge in [-0.25, -0.2) is 13.8 Å². The quantitative estimate of drug-likeness (QED) is 0.796. The number of hydroxylamine groups is 2. The van der Waals surface area contributed by atoms with Crippen molar-refractivity contribution in [1.82, 2.24) is 5.06 Å². The van der Waals surface area contributed by atoms with Crippen molar-refractivity contribution in [2.75, 3.05) is 13.2 Å². The molecule has 0 unspecified atom stereocenters. The number of benzene rings is 1. The number of nitrogens with zero attached hydrogens (tertiary/aromatic N) is 1. The monoisotopic (exact) mass is 291 g/mol. The summed E-state index contributed by atoms with van der Waals surface area (Å²) in [6.07, 6.45) is 0.672. The number of hydrogen-bond acceptors (Lipinski definition) is 2. The number of amides is 1. The van der Waals surface area contributed by atoms with E-state index in [2.05, 4.69) is 15.9 Å². The van der Waals surface area contributed by atoms with Gasteiger partial charge in [0.2, 0.25) is 0 Å². The first kappa shape index (κ1) is 11.5. The van der Waals surface area contributed by atoms with Crippen LogP contribution in [0.2, 0.25) is 0 Å². The zero-order valence-electron chi connectivity index (χ0n) is 8.17. The van der Waals surface area contributed by atoms with E-state index in [9.17, 15) is 13.6 Å². The highest BCUT2D eigenvalue weighted by molar-refractivity contribution is 9.10. The maximum Gasteiger partial charge on any atom is 0.283 e. The van der Waals surface area contributed by atoms with Gasteiger partial charge in [0.1, 0.15) is 17.2 Å². The van der Waals surface area contributed by atoms with Crippen molar-refractivity contribution in [1.29, 1.82) is 0 Å². The molecular formula is C10H8BrF2NO2. The number of carbonyl (C=O) groups excluding carboxylic acids is 1. The lowest BCUT2D eigenvalue weighted by molar-refractivity contribution is -0.0773. The van der Waals surface area contributed by atoms with Crippen LogP contribution in [0.25, 0.3) is 0 Å². The lowest BCUT2D eigenvalue weighted by atomic mass is 10.2. The summed E-state index contributed by atoms with van der Waals surface area (Å²) in [5.74, 6) is -2.57. The molecule has 6 heteroatoms. The molecule has 86 valence electrons. The predicted molar refractivity (Wildman–Crippen MR) is 55.7 cm³/mol. The van der Waals surface area contributed by atoms with E-state index in [1.165, 1.54) is 0 Å². The van der Waals surface area contributed by atoms with E-state index in [0.29, 0.717) is 19.6 Å². The van der Waals surface area contributed by atoms with Crippen LogP contribution >= 0.6 is 15.9 Å². The molecule has 1 aromatic rings. The highest BCUT2D eigenvalue weighted by Gasteiger charge is 2.26. The summed E-state index contributed by atoms with van der Waals surface area (Å²) < 4.78 is 27.1. The van der Waals surface area contributed by atoms with Crippen LogP contribution in [-0.2, 0) is 4.84 Å². The molecule has 0 N–H and O–H groups in total. The molecule has 1 heterocycles. The van der Waals surface area contributed by atoms with E-state index < -0.39 is 23.1 Å². The Morgan fingerprint density at radius 3 is 2.50 bits per heavy atom. The van der Waals surface area contributed by atoms with Gasteiger partial charge in [-0.15, -0.1) is 0 Å². The first-order chi connectivity index (χ1) is 7.59. The molecule has 1 aliphatic heterocycles. The van der Waals surface area contributed by atoms with Gasteiger partial charge in [0.15, 0.2) is 0 Å². The smallest absolute Gasteiger partial charge is 0.271 e. The van der Waals surface area contributed by atoms with Crippen molar-refractivity contribution < 1.29 is 18.4 Å². The van der Waals surface area contributed by atoms with Crippen LogP contribution < -0.4 is 0 Å². The lowest BCUT2D eigenvalue weighted by Crippen LogP contribution is -2.28. The minimum Gasteiger partial charge on any atom is -0.271 e. The molecule has 3 nitrogen and oxygen atoms in total. The number of hydrogen-bond donors (Lipinski definition) is 0. The van der Waals surface area contributed by atoms with Crippen LogP contribution in [0.3, 0.4) is 0 Å². The summed E-state index contributed by atoms with van der Waals surface area (Å²) in [6.45, 7) is 0.749. The molecule has 0 radical (unpaired) electrons. The number of carbonyl (C=O) groups is 1. The molecule has 16 heavy (non-hydrogen) atoms. The van der Waals surface area contributed by atoms with Gasteiger partial charge in [0, 0.05) is 4.47 Å². The number of halogens is 3. The van der Waals surface area contributed by atoms with Gasteiger partial charge in [-0.3, -0.25) is 9.63 Å². The summed E-state index contributed by atoms with van der Waals surface area (Å²) in [5.41, 5.74) is -0.579. The van der Waals surface area contributed by atoms with Crippen LogP contribution in [0.5, 0.6) is 0 Å². The highest BCUT2D eigenvalue weighted by Crippen LogP contribution is 2.22. The van der Waals surface area contributed by atoms with Gasteiger partial charge in [-0.05, 0) is 18.6 Å². The van der Waals surface area contributed by atoms with Crippen LogP contribution in [0.15, 0.2) is 16.6 Å². The Labute approximate surface area is 99.1 Å². The van der Waals surface area contributed by atoms with Crippen molar-refractivity contribution >= 4 is 21.8 Å². The standard InChI is InChI=1S/C10H8BrF2NO2/c11-6-4-7(12)9(8(13)5-6)10(15)14-2-1-3-16-14/h4-5H,1-3H2. The van der Waals surface area contributed by atoms with E-state index in [1.54, 1.807) is 0 Å². The average Bonchev–Trinajstić information content (AvgIpc) is 2.67. The summed E-state index contributed by atoms with van der Waals surface area (Å²) in [6, 6.07) is 2.10. The maximum absolute atomic E-state index is 13.4. The lowest BCUT2D eigenvalue weighted by Gasteiger charge is -2.14. The SMILES string of the molecule is O=C(c1c(F)cc(Br)cc1F)N1CCCO1. The molecule has 0 aliphatic carbocycles. The van der Waals surface area contributed by atoms with Crippen molar-refractivity contribution in [3.63, 3.8) is 0 Å². The first-order valence-corrected chi connectivity index (χ1v) is 5.48. The van der Waals surface area contributed by atoms with Crippen LogP contribution in [0, 0.1) is 11.6 Å². The molecular weight excluding hydrogens is 284 g/mol. The second-order valence-electron chi connectivity index (χ2n) is 3.34. The average molecular weight is 292 g/mol. The Balaban J connectivity index is 2.35. The molecule has 1 saturated heterocycles. The third kappa shape index (κ3) is 2.08. The van der Waals surface area contributed by atoms with Crippen LogP contribution in [-0.4, -0.2) is 24.1 Å². The molecule has 1 amide bonds. The van der Waals surface area contributed by atoms with E-state index in [1.807, 2.05) is 0 Å². The fraction of sp³-hybridized carbons (Fsp3) is 0.300. The van der Waals surface area contributed by atoms with Gasteiger partial charge in [0.25, 0.3) is 5.91 Å². The fourth-order valence-corrected chi connectivity index (χ4v) is 1.88. The number of rotatable bonds is 1. The van der Waals surface area contributed by atoms with Crippen molar-refractivity contribution in [3.05, 3.63) is 33.8 Å². The minimum atomic E-state index is -0.896. The summed E-state index contributed by atoms with van der Waals surface area (Å²) >= 11 is 2.94. The van der Waals surface area contributed by atoms with Gasteiger partial charge < -0.3 is 0 Å².